The molecule has 0 rings (SSSR count). The van der Waals surface area contributed by atoms with Gasteiger partial charge in [-0.15, -0.1) is 0 Å². The summed E-state index contributed by atoms with van der Waals surface area (Å²) >= 11 is 0.250. The van der Waals surface area contributed by atoms with Crippen LogP contribution in [-0.2, 0) is 13.9 Å². The van der Waals surface area contributed by atoms with E-state index >= 15 is 0 Å². The predicted octanol–water partition coefficient (Wildman–Crippen LogP) is 4.52. The second-order valence-corrected chi connectivity index (χ2v) is 5.32. The number of hydrogen-bond acceptors (Lipinski definition) is 0. The van der Waals surface area contributed by atoms with Crippen LogP contribution in [0.1, 0.15) is 0 Å². The Morgan fingerprint density at radius 1 is 0.692 bits per heavy atom. The maximum absolute atomic E-state index is 3.36. The van der Waals surface area contributed by atoms with E-state index in [2.05, 4.69) is 43.8 Å². The van der Waals surface area contributed by atoms with Crippen LogP contribution in [0.25, 0.3) is 0 Å². The summed E-state index contributed by atoms with van der Waals surface area (Å²) in [5.41, 5.74) is 0. The van der Waals surface area contributed by atoms with Crippen molar-refractivity contribution in [2.75, 3.05) is 0 Å². The summed E-state index contributed by atoms with van der Waals surface area (Å²) < 4.78 is 0. The van der Waals surface area contributed by atoms with Crippen LogP contribution in [-0.4, -0.2) is 0 Å². The Morgan fingerprint density at radius 3 is 0.769 bits per heavy atom. The van der Waals surface area contributed by atoms with E-state index < -0.39 is 0 Å². The third-order valence-electron chi connectivity index (χ3n) is 0.333. The second kappa shape index (κ2) is 29.7. The second-order valence-electron chi connectivity index (χ2n) is 2.00. The zero-order valence-corrected chi connectivity index (χ0v) is 11.7. The van der Waals surface area contributed by atoms with Crippen molar-refractivity contribution in [3.63, 3.8) is 0 Å². The van der Waals surface area contributed by atoms with Crippen LogP contribution in [0.3, 0.4) is 0 Å². The summed E-state index contributed by atoms with van der Waals surface area (Å²) in [6.07, 6.45) is 6.56. The van der Waals surface area contributed by atoms with E-state index in [0.29, 0.717) is 0 Å². The van der Waals surface area contributed by atoms with E-state index in [4.69, 9.17) is 0 Å². The van der Waals surface area contributed by atoms with E-state index in [1.54, 1.807) is 24.3 Å². The van der Waals surface area contributed by atoms with Crippen molar-refractivity contribution in [3.8, 4) is 0 Å². The van der Waals surface area contributed by atoms with Gasteiger partial charge >= 0.3 is 31.4 Å². The van der Waals surface area contributed by atoms with Gasteiger partial charge in [-0.2, -0.15) is 9.90 Å². The number of allylic oxidation sites excluding steroid dienone is 4. The van der Waals surface area contributed by atoms with E-state index in [-0.39, 0.29) is 23.8 Å². The minimum atomic E-state index is 0. The molecule has 0 aromatic rings. The summed E-state index contributed by atoms with van der Waals surface area (Å²) in [6, 6.07) is 0. The van der Waals surface area contributed by atoms with E-state index in [1.807, 2.05) is 0 Å². The van der Waals surface area contributed by atoms with Gasteiger partial charge in [0.15, 0.2) is 0 Å². The molecule has 13 heavy (non-hydrogen) atoms. The van der Waals surface area contributed by atoms with Gasteiger partial charge in [0.2, 0.25) is 0 Å². The van der Waals surface area contributed by atoms with Gasteiger partial charge in [-0.05, 0) is 0 Å². The maximum atomic E-state index is 3.36. The first kappa shape index (κ1) is 23.1. The van der Waals surface area contributed by atoms with E-state index in [0.717, 1.165) is 0 Å². The molecule has 1 atom stereocenters. The van der Waals surface area contributed by atoms with Crippen LogP contribution < -0.4 is 0 Å². The molecule has 0 aromatic carbocycles. The Morgan fingerprint density at radius 2 is 0.769 bits per heavy atom. The fourth-order valence-corrected chi connectivity index (χ4v) is 0. The summed E-state index contributed by atoms with van der Waals surface area (Å²) in [4.78, 5) is 0. The molecule has 0 aromatic heterocycles. The van der Waals surface area contributed by atoms with Crippen LogP contribution in [0.2, 0.25) is 17.5 Å². The molecule has 81 valence electrons. The van der Waals surface area contributed by atoms with Crippen molar-refractivity contribution in [3.05, 3.63) is 50.6 Å². The summed E-state index contributed by atoms with van der Waals surface area (Å²) in [6.45, 7) is 13.4. The van der Waals surface area contributed by atoms with Crippen molar-refractivity contribution in [2.45, 2.75) is 17.5 Å². The van der Waals surface area contributed by atoms with Gasteiger partial charge in [0.05, 0.1) is 0 Å². The standard InChI is InChI=1S/2C4H6.3CH3.Fe.H3P/c2*1-3-4-2;;;;;/h2*3-4H,1-2H2;3*1H3;;1H3. The van der Waals surface area contributed by atoms with Crippen molar-refractivity contribution in [1.29, 1.82) is 0 Å². The molecule has 0 heterocycles. The van der Waals surface area contributed by atoms with Gasteiger partial charge in [-0.25, -0.2) is 0 Å². The zero-order valence-electron chi connectivity index (χ0n) is 9.20. The van der Waals surface area contributed by atoms with Gasteiger partial charge in [0.1, 0.15) is 0 Å². The predicted molar refractivity (Wildman–Crippen MR) is 69.5 cm³/mol. The molecule has 0 fully saturated rings. The topological polar surface area (TPSA) is 0 Å². The molecule has 0 aliphatic carbocycles. The first-order chi connectivity index (χ1) is 5.56. The van der Waals surface area contributed by atoms with Crippen molar-refractivity contribution < 1.29 is 13.9 Å². The first-order valence-electron chi connectivity index (χ1n) is 3.36. The molecule has 2 heteroatoms. The molecule has 0 nitrogen and oxygen atoms in total. The fourth-order valence-electron chi connectivity index (χ4n) is 0. The van der Waals surface area contributed by atoms with Crippen LogP contribution in [0.5, 0.6) is 0 Å². The number of rotatable bonds is 2. The molecule has 0 saturated heterocycles. The minimum absolute atomic E-state index is 0. The molecule has 0 radical (unpaired) electrons. The third kappa shape index (κ3) is 321. The molecular weight excluding hydrogens is 219 g/mol. The van der Waals surface area contributed by atoms with Gasteiger partial charge in [0.25, 0.3) is 0 Å². The van der Waals surface area contributed by atoms with Gasteiger partial charge in [-0.1, -0.05) is 50.6 Å². The summed E-state index contributed by atoms with van der Waals surface area (Å²) in [7, 11) is 0. The Kier molecular flexibility index (Phi) is 52.7. The molecule has 0 aliphatic heterocycles. The van der Waals surface area contributed by atoms with Crippen molar-refractivity contribution in [1.82, 2.24) is 0 Å². The first-order valence-corrected chi connectivity index (χ1v) is 6.67. The average molecular weight is 243 g/mol. The van der Waals surface area contributed by atoms with Crippen molar-refractivity contribution in [2.24, 2.45) is 0 Å². The third-order valence-corrected chi connectivity index (χ3v) is 0.333. The molecule has 0 saturated carbocycles. The zero-order chi connectivity index (χ0) is 10.4. The van der Waals surface area contributed by atoms with Crippen LogP contribution in [0.15, 0.2) is 50.6 Å². The van der Waals surface area contributed by atoms with Crippen LogP contribution in [0.4, 0.5) is 0 Å². The SMILES string of the molecule is C=CC=C.C=CC=C.P.[CH3][Fe]([CH3])[CH3]. The monoisotopic (exact) mass is 243 g/mol. The molecule has 0 spiro atoms. The van der Waals surface area contributed by atoms with Gasteiger partial charge < -0.3 is 0 Å². The Labute approximate surface area is 92.0 Å². The summed E-state index contributed by atoms with van der Waals surface area (Å²) in [5.74, 6) is 6.75. The van der Waals surface area contributed by atoms with E-state index in [1.165, 1.54) is 0 Å². The fraction of sp³-hybridized carbons (Fsp3) is 0.273. The average Bonchev–Trinajstić information content (AvgIpc) is 2.03. The molecule has 0 bridgehead atoms. The molecule has 1 unspecified atom stereocenters. The molecule has 0 aliphatic rings. The Hall–Kier alpha value is -0.0905. The van der Waals surface area contributed by atoms with Gasteiger partial charge in [-0.3, -0.25) is 0 Å². The molecular formula is C11H24FeP. The van der Waals surface area contributed by atoms with Crippen LogP contribution >= 0.6 is 9.90 Å². The molecule has 0 N–H and O–H groups in total. The summed E-state index contributed by atoms with van der Waals surface area (Å²) in [5, 5.41) is 0. The molecule has 0 amide bonds. The van der Waals surface area contributed by atoms with Crippen molar-refractivity contribution >= 4 is 9.90 Å². The Bertz CT molecular complexity index is 90.5. The number of hydrogen-bond donors (Lipinski definition) is 0. The normalized spacial score (nSPS) is 6.54. The quantitative estimate of drug-likeness (QED) is 0.380. The van der Waals surface area contributed by atoms with Crippen LogP contribution in [0, 0.1) is 0 Å². The van der Waals surface area contributed by atoms with E-state index in [9.17, 15) is 0 Å². The Balaban J connectivity index is -0.0000000450. The van der Waals surface area contributed by atoms with Gasteiger partial charge in [0, 0.05) is 0 Å².